The summed E-state index contributed by atoms with van der Waals surface area (Å²) in [5.74, 6) is -0.0446. The monoisotopic (exact) mass is 393 g/mol. The molecule has 0 bridgehead atoms. The van der Waals surface area contributed by atoms with Gasteiger partial charge in [0.1, 0.15) is 0 Å². The summed E-state index contributed by atoms with van der Waals surface area (Å²) in [7, 11) is -2.90. The van der Waals surface area contributed by atoms with Gasteiger partial charge in [0.05, 0.1) is 12.4 Å². The fourth-order valence-corrected chi connectivity index (χ4v) is 1.94. The first-order valence-electron chi connectivity index (χ1n) is 5.25. The second-order valence-corrected chi connectivity index (χ2v) is 8.84. The van der Waals surface area contributed by atoms with Crippen LogP contribution in [0.3, 0.4) is 0 Å². The molecule has 0 saturated carbocycles. The van der Waals surface area contributed by atoms with Crippen LogP contribution >= 0.6 is 31.9 Å². The third kappa shape index (κ3) is 9.99. The number of ether oxygens (including phenoxy) is 1. The molecule has 0 unspecified atom stereocenters. The second-order valence-electron chi connectivity index (χ2n) is 3.31. The second kappa shape index (κ2) is 9.29. The van der Waals surface area contributed by atoms with Crippen molar-refractivity contribution < 1.29 is 17.9 Å². The summed E-state index contributed by atoms with van der Waals surface area (Å²) in [6.45, 7) is 3.01. The summed E-state index contributed by atoms with van der Waals surface area (Å²) in [5, 5.41) is 2.98. The van der Waals surface area contributed by atoms with E-state index in [1.807, 2.05) is 0 Å². The van der Waals surface area contributed by atoms with Crippen molar-refractivity contribution in [2.24, 2.45) is 0 Å². The van der Waals surface area contributed by atoms with Crippen LogP contribution in [0.25, 0.3) is 0 Å². The lowest BCUT2D eigenvalue weighted by Crippen LogP contribution is -2.25. The third-order valence-electron chi connectivity index (χ3n) is 1.95. The molecular formula is C9H17Br2NO4S. The summed E-state index contributed by atoms with van der Waals surface area (Å²) in [5.41, 5.74) is 0. The number of hydrogen-bond acceptors (Lipinski definition) is 5. The van der Waals surface area contributed by atoms with Gasteiger partial charge in [-0.25, -0.2) is 13.2 Å². The molecular weight excluding hydrogens is 378 g/mol. The van der Waals surface area contributed by atoms with Crippen LogP contribution in [0, 0.1) is 0 Å². The summed E-state index contributed by atoms with van der Waals surface area (Å²) in [6.07, 6.45) is 0.657. The maximum Gasteiger partial charge on any atom is 0.330 e. The van der Waals surface area contributed by atoms with E-state index >= 15 is 0 Å². The van der Waals surface area contributed by atoms with E-state index in [0.29, 0.717) is 26.1 Å². The fraction of sp³-hybridized carbons (Fsp3) is 0.889. The summed E-state index contributed by atoms with van der Waals surface area (Å²) in [6, 6.07) is 0. The van der Waals surface area contributed by atoms with E-state index in [-0.39, 0.29) is 17.5 Å². The minimum Gasteiger partial charge on any atom is -0.464 e. The van der Waals surface area contributed by atoms with Crippen LogP contribution < -0.4 is 5.32 Å². The Morgan fingerprint density at radius 1 is 1.35 bits per heavy atom. The van der Waals surface area contributed by atoms with E-state index in [4.69, 9.17) is 4.74 Å². The molecule has 0 aromatic rings. The molecule has 0 saturated heterocycles. The standard InChI is InChI=1S/C9H17Br2NO4S/c1-2-17(14,15)7-5-12-4-3-6-16-9(13)8(10)11/h8,12H,2-7H2,1H3. The van der Waals surface area contributed by atoms with Gasteiger partial charge < -0.3 is 10.1 Å². The summed E-state index contributed by atoms with van der Waals surface area (Å²) >= 11 is 6.05. The van der Waals surface area contributed by atoms with Crippen LogP contribution in [0.4, 0.5) is 0 Å². The van der Waals surface area contributed by atoms with Crippen molar-refractivity contribution in [3.05, 3.63) is 0 Å². The molecule has 0 aliphatic rings. The number of alkyl halides is 2. The van der Waals surface area contributed by atoms with Gasteiger partial charge in [0.15, 0.2) is 13.6 Å². The Balaban J connectivity index is 3.39. The first-order valence-corrected chi connectivity index (χ1v) is 8.90. The largest absolute Gasteiger partial charge is 0.464 e. The van der Waals surface area contributed by atoms with Crippen LogP contribution in [-0.2, 0) is 19.4 Å². The summed E-state index contributed by atoms with van der Waals surface area (Å²) in [4.78, 5) is 11.0. The predicted octanol–water partition coefficient (Wildman–Crippen LogP) is 1.06. The van der Waals surface area contributed by atoms with Crippen molar-refractivity contribution in [2.75, 3.05) is 31.2 Å². The van der Waals surface area contributed by atoms with E-state index in [0.717, 1.165) is 0 Å². The average molecular weight is 395 g/mol. The number of rotatable bonds is 9. The van der Waals surface area contributed by atoms with Crippen LogP contribution in [0.2, 0.25) is 0 Å². The molecule has 0 spiro atoms. The molecule has 0 aromatic carbocycles. The molecule has 5 nitrogen and oxygen atoms in total. The molecule has 0 heterocycles. The maximum absolute atomic E-state index is 11.1. The Hall–Kier alpha value is 0.340. The van der Waals surface area contributed by atoms with Gasteiger partial charge in [0.2, 0.25) is 0 Å². The SMILES string of the molecule is CCS(=O)(=O)CCNCCCOC(=O)C(Br)Br. The van der Waals surface area contributed by atoms with Crippen molar-refractivity contribution in [2.45, 2.75) is 17.1 Å². The van der Waals surface area contributed by atoms with E-state index in [9.17, 15) is 13.2 Å². The number of hydrogen-bond donors (Lipinski definition) is 1. The van der Waals surface area contributed by atoms with Gasteiger partial charge in [-0.1, -0.05) is 38.8 Å². The molecule has 8 heteroatoms. The highest BCUT2D eigenvalue weighted by Gasteiger charge is 2.11. The van der Waals surface area contributed by atoms with E-state index in [1.54, 1.807) is 6.92 Å². The molecule has 0 radical (unpaired) electrons. The first kappa shape index (κ1) is 17.3. The van der Waals surface area contributed by atoms with Crippen LogP contribution in [0.1, 0.15) is 13.3 Å². The third-order valence-corrected chi connectivity index (χ3v) is 4.40. The number of sulfone groups is 1. The van der Waals surface area contributed by atoms with Crippen molar-refractivity contribution in [3.63, 3.8) is 0 Å². The van der Waals surface area contributed by atoms with Gasteiger partial charge in [0.25, 0.3) is 0 Å². The van der Waals surface area contributed by atoms with E-state index < -0.39 is 13.6 Å². The topological polar surface area (TPSA) is 72.5 Å². The lowest BCUT2D eigenvalue weighted by Gasteiger charge is -2.06. The normalized spacial score (nSPS) is 11.8. The lowest BCUT2D eigenvalue weighted by molar-refractivity contribution is -0.140. The van der Waals surface area contributed by atoms with Crippen LogP contribution in [-0.4, -0.2) is 49.3 Å². The molecule has 0 aliphatic heterocycles. The van der Waals surface area contributed by atoms with Gasteiger partial charge >= 0.3 is 5.97 Å². The van der Waals surface area contributed by atoms with Crippen molar-refractivity contribution >= 4 is 47.7 Å². The zero-order valence-corrected chi connectivity index (χ0v) is 13.6. The maximum atomic E-state index is 11.1. The minimum atomic E-state index is -2.90. The highest BCUT2D eigenvalue weighted by molar-refractivity contribution is 9.25. The quantitative estimate of drug-likeness (QED) is 0.359. The van der Waals surface area contributed by atoms with Gasteiger partial charge in [-0.05, 0) is 13.0 Å². The smallest absolute Gasteiger partial charge is 0.330 e. The zero-order chi connectivity index (χ0) is 13.3. The molecule has 17 heavy (non-hydrogen) atoms. The molecule has 0 fully saturated rings. The van der Waals surface area contributed by atoms with Crippen molar-refractivity contribution in [1.29, 1.82) is 0 Å². The van der Waals surface area contributed by atoms with Crippen molar-refractivity contribution in [1.82, 2.24) is 5.32 Å². The number of nitrogens with one attached hydrogen (secondary N) is 1. The lowest BCUT2D eigenvalue weighted by atomic mass is 10.4. The average Bonchev–Trinajstić information content (AvgIpc) is 2.27. The Morgan fingerprint density at radius 3 is 2.53 bits per heavy atom. The number of halogens is 2. The molecule has 0 amide bonds. The zero-order valence-electron chi connectivity index (χ0n) is 9.62. The molecule has 1 N–H and O–H groups in total. The Bertz CT molecular complexity index is 319. The van der Waals surface area contributed by atoms with Gasteiger partial charge in [-0.3, -0.25) is 0 Å². The van der Waals surface area contributed by atoms with Crippen molar-refractivity contribution in [3.8, 4) is 0 Å². The van der Waals surface area contributed by atoms with Crippen LogP contribution in [0.15, 0.2) is 0 Å². The predicted molar refractivity (Wildman–Crippen MR) is 74.4 cm³/mol. The fourth-order valence-electron chi connectivity index (χ4n) is 0.930. The van der Waals surface area contributed by atoms with Gasteiger partial charge in [0, 0.05) is 12.3 Å². The number of carbonyl (C=O) groups excluding carboxylic acids is 1. The van der Waals surface area contributed by atoms with E-state index in [2.05, 4.69) is 37.2 Å². The number of carbonyl (C=O) groups is 1. The highest BCUT2D eigenvalue weighted by atomic mass is 79.9. The van der Waals surface area contributed by atoms with E-state index in [1.165, 1.54) is 0 Å². The highest BCUT2D eigenvalue weighted by Crippen LogP contribution is 2.09. The Kier molecular flexibility index (Phi) is 9.48. The first-order chi connectivity index (χ1) is 7.89. The van der Waals surface area contributed by atoms with Gasteiger partial charge in [-0.2, -0.15) is 0 Å². The van der Waals surface area contributed by atoms with Crippen LogP contribution in [0.5, 0.6) is 0 Å². The molecule has 0 rings (SSSR count). The Morgan fingerprint density at radius 2 is 2.00 bits per heavy atom. The molecule has 0 atom stereocenters. The summed E-state index contributed by atoms with van der Waals surface area (Å²) < 4.78 is 26.7. The minimum absolute atomic E-state index is 0.147. The number of esters is 1. The Labute approximate surface area is 119 Å². The molecule has 0 aromatic heterocycles. The molecule has 0 aliphatic carbocycles. The van der Waals surface area contributed by atoms with Gasteiger partial charge in [-0.15, -0.1) is 0 Å². The molecule has 102 valence electrons.